The molecule has 0 radical (unpaired) electrons. The lowest BCUT2D eigenvalue weighted by Crippen LogP contribution is -2.51. The van der Waals surface area contributed by atoms with Crippen LogP contribution in [0, 0.1) is 6.92 Å². The van der Waals surface area contributed by atoms with Crippen molar-refractivity contribution in [3.8, 4) is 11.5 Å². The summed E-state index contributed by atoms with van der Waals surface area (Å²) in [5, 5.41) is 2.72. The fraction of sp³-hybridized carbons (Fsp3) is 0.381. The van der Waals surface area contributed by atoms with E-state index in [1.165, 1.54) is 22.8 Å². The van der Waals surface area contributed by atoms with Gasteiger partial charge in [0.25, 0.3) is 10.2 Å². The summed E-state index contributed by atoms with van der Waals surface area (Å²) in [5.74, 6) is 0.606. The van der Waals surface area contributed by atoms with Gasteiger partial charge in [-0.05, 0) is 31.0 Å². The molecule has 1 N–H and O–H groups in total. The molecule has 3 rings (SSSR count). The van der Waals surface area contributed by atoms with Crippen molar-refractivity contribution in [3.05, 3.63) is 53.6 Å². The molecule has 1 amide bonds. The Hall–Kier alpha value is -2.62. The fourth-order valence-electron chi connectivity index (χ4n) is 3.31. The van der Waals surface area contributed by atoms with E-state index in [1.54, 1.807) is 18.2 Å². The summed E-state index contributed by atoms with van der Waals surface area (Å²) in [6.07, 6.45) is 0.661. The molecule has 30 heavy (non-hydrogen) atoms. The smallest absolute Gasteiger partial charge is 0.282 e. The minimum absolute atomic E-state index is 0.249. The Balaban J connectivity index is 1.66. The van der Waals surface area contributed by atoms with E-state index < -0.39 is 16.1 Å². The first kappa shape index (κ1) is 22.1. The largest absolute Gasteiger partial charge is 0.493 e. The third kappa shape index (κ3) is 5.10. The van der Waals surface area contributed by atoms with Gasteiger partial charge in [0.05, 0.1) is 20.8 Å². The SMILES string of the molecule is COc1ccc(NC(=O)CN2CCCN(Cc3ccc(C)cc3)S2(=O)=O)cc1OC. The lowest BCUT2D eigenvalue weighted by Gasteiger charge is -2.34. The number of nitrogens with one attached hydrogen (secondary N) is 1. The normalized spacial score (nSPS) is 16.8. The first-order chi connectivity index (χ1) is 14.3. The number of carbonyl (C=O) groups excluding carboxylic acids is 1. The van der Waals surface area contributed by atoms with E-state index >= 15 is 0 Å². The summed E-state index contributed by atoms with van der Waals surface area (Å²) in [6, 6.07) is 12.7. The van der Waals surface area contributed by atoms with E-state index in [0.717, 1.165) is 11.1 Å². The van der Waals surface area contributed by atoms with Crippen LogP contribution in [0.2, 0.25) is 0 Å². The molecule has 0 aliphatic carbocycles. The highest BCUT2D eigenvalue weighted by Gasteiger charge is 2.34. The van der Waals surface area contributed by atoms with Crippen LogP contribution in [-0.4, -0.2) is 56.8 Å². The van der Waals surface area contributed by atoms with Crippen molar-refractivity contribution in [2.24, 2.45) is 0 Å². The van der Waals surface area contributed by atoms with Crippen molar-refractivity contribution in [2.75, 3.05) is 39.2 Å². The number of anilines is 1. The third-order valence-electron chi connectivity index (χ3n) is 4.93. The zero-order valence-corrected chi connectivity index (χ0v) is 18.2. The maximum Gasteiger partial charge on any atom is 0.282 e. The van der Waals surface area contributed by atoms with Crippen molar-refractivity contribution in [1.82, 2.24) is 8.61 Å². The molecule has 2 aromatic rings. The number of carbonyl (C=O) groups is 1. The van der Waals surface area contributed by atoms with Crippen LogP contribution in [0.25, 0.3) is 0 Å². The molecule has 0 saturated carbocycles. The molecule has 9 heteroatoms. The molecular weight excluding hydrogens is 406 g/mol. The monoisotopic (exact) mass is 433 g/mol. The van der Waals surface area contributed by atoms with Crippen molar-refractivity contribution in [2.45, 2.75) is 19.9 Å². The van der Waals surface area contributed by atoms with Crippen molar-refractivity contribution >= 4 is 21.8 Å². The number of nitrogens with zero attached hydrogens (tertiary/aromatic N) is 2. The second-order valence-corrected chi connectivity index (χ2v) is 9.06. The molecule has 0 spiro atoms. The van der Waals surface area contributed by atoms with Gasteiger partial charge >= 0.3 is 0 Å². The van der Waals surface area contributed by atoms with E-state index in [1.807, 2.05) is 31.2 Å². The topological polar surface area (TPSA) is 88.2 Å². The Labute approximate surface area is 177 Å². The zero-order chi connectivity index (χ0) is 21.7. The minimum atomic E-state index is -3.72. The van der Waals surface area contributed by atoms with E-state index in [4.69, 9.17) is 9.47 Å². The number of rotatable bonds is 7. The van der Waals surface area contributed by atoms with Gasteiger partial charge in [-0.2, -0.15) is 17.0 Å². The van der Waals surface area contributed by atoms with Gasteiger partial charge in [0, 0.05) is 31.4 Å². The molecule has 0 bridgehead atoms. The van der Waals surface area contributed by atoms with Crippen LogP contribution in [0.5, 0.6) is 11.5 Å². The number of benzene rings is 2. The minimum Gasteiger partial charge on any atom is -0.493 e. The van der Waals surface area contributed by atoms with E-state index in [0.29, 0.717) is 36.7 Å². The Morgan fingerprint density at radius 3 is 2.33 bits per heavy atom. The molecule has 2 aromatic carbocycles. The van der Waals surface area contributed by atoms with Crippen LogP contribution >= 0.6 is 0 Å². The number of hydrogen-bond acceptors (Lipinski definition) is 5. The van der Waals surface area contributed by atoms with Crippen LogP contribution in [0.4, 0.5) is 5.69 Å². The van der Waals surface area contributed by atoms with Crippen LogP contribution < -0.4 is 14.8 Å². The van der Waals surface area contributed by atoms with E-state index in [2.05, 4.69) is 5.32 Å². The number of ether oxygens (including phenoxy) is 2. The van der Waals surface area contributed by atoms with Crippen LogP contribution in [-0.2, 0) is 21.5 Å². The average molecular weight is 434 g/mol. The van der Waals surface area contributed by atoms with E-state index in [-0.39, 0.29) is 13.1 Å². The van der Waals surface area contributed by atoms with Gasteiger partial charge in [-0.1, -0.05) is 29.8 Å². The average Bonchev–Trinajstić information content (AvgIpc) is 2.72. The summed E-state index contributed by atoms with van der Waals surface area (Å²) in [4.78, 5) is 12.5. The first-order valence-corrected chi connectivity index (χ1v) is 11.1. The molecule has 1 fully saturated rings. The molecule has 1 aliphatic heterocycles. The quantitative estimate of drug-likeness (QED) is 0.724. The summed E-state index contributed by atoms with van der Waals surface area (Å²) >= 11 is 0. The zero-order valence-electron chi connectivity index (χ0n) is 17.4. The van der Waals surface area contributed by atoms with Gasteiger partial charge in [-0.3, -0.25) is 4.79 Å². The Morgan fingerprint density at radius 1 is 1.00 bits per heavy atom. The molecule has 8 nitrogen and oxygen atoms in total. The summed E-state index contributed by atoms with van der Waals surface area (Å²) in [7, 11) is -0.689. The summed E-state index contributed by atoms with van der Waals surface area (Å²) in [6.45, 7) is 2.77. The molecule has 1 heterocycles. The maximum atomic E-state index is 13.0. The first-order valence-electron chi connectivity index (χ1n) is 9.66. The summed E-state index contributed by atoms with van der Waals surface area (Å²) in [5.41, 5.74) is 2.54. The van der Waals surface area contributed by atoms with Gasteiger partial charge < -0.3 is 14.8 Å². The van der Waals surface area contributed by atoms with Gasteiger partial charge in [0.1, 0.15) is 0 Å². The third-order valence-corrected chi connectivity index (χ3v) is 6.86. The number of methoxy groups -OCH3 is 2. The van der Waals surface area contributed by atoms with Gasteiger partial charge in [-0.15, -0.1) is 0 Å². The van der Waals surface area contributed by atoms with Gasteiger partial charge in [0.15, 0.2) is 11.5 Å². The molecule has 0 aromatic heterocycles. The Kier molecular flexibility index (Phi) is 6.96. The van der Waals surface area contributed by atoms with Crippen molar-refractivity contribution < 1.29 is 22.7 Å². The standard InChI is InChI=1S/C21H27N3O5S/c1-16-5-7-17(8-6-16)14-23-11-4-12-24(30(23,26)27)15-21(25)22-18-9-10-19(28-2)20(13-18)29-3/h5-10,13H,4,11-12,14-15H2,1-3H3,(H,22,25). The maximum absolute atomic E-state index is 13.0. The van der Waals surface area contributed by atoms with Crippen molar-refractivity contribution in [3.63, 3.8) is 0 Å². The molecule has 0 atom stereocenters. The lowest BCUT2D eigenvalue weighted by atomic mass is 10.1. The van der Waals surface area contributed by atoms with Gasteiger partial charge in [-0.25, -0.2) is 0 Å². The summed E-state index contributed by atoms with van der Waals surface area (Å²) < 4.78 is 39.0. The molecule has 0 unspecified atom stereocenters. The van der Waals surface area contributed by atoms with Crippen molar-refractivity contribution in [1.29, 1.82) is 0 Å². The van der Waals surface area contributed by atoms with Crippen LogP contribution in [0.15, 0.2) is 42.5 Å². The fourth-order valence-corrected chi connectivity index (χ4v) is 4.95. The second-order valence-electron chi connectivity index (χ2n) is 7.13. The predicted octanol–water partition coefficient (Wildman–Crippen LogP) is 2.40. The van der Waals surface area contributed by atoms with Crippen LogP contribution in [0.3, 0.4) is 0 Å². The number of aryl methyl sites for hydroxylation is 1. The predicted molar refractivity (Wildman–Crippen MR) is 115 cm³/mol. The number of hydrogen-bond donors (Lipinski definition) is 1. The number of amides is 1. The second kappa shape index (κ2) is 9.46. The highest BCUT2D eigenvalue weighted by atomic mass is 32.2. The molecule has 1 saturated heterocycles. The van der Waals surface area contributed by atoms with E-state index in [9.17, 15) is 13.2 Å². The highest BCUT2D eigenvalue weighted by Crippen LogP contribution is 2.29. The Bertz CT molecular complexity index is 992. The molecule has 1 aliphatic rings. The van der Waals surface area contributed by atoms with Gasteiger partial charge in [0.2, 0.25) is 5.91 Å². The Morgan fingerprint density at radius 2 is 1.67 bits per heavy atom. The molecule has 162 valence electrons. The lowest BCUT2D eigenvalue weighted by molar-refractivity contribution is -0.116. The molecular formula is C21H27N3O5S. The highest BCUT2D eigenvalue weighted by molar-refractivity contribution is 7.86. The van der Waals surface area contributed by atoms with Crippen LogP contribution in [0.1, 0.15) is 17.5 Å².